The highest BCUT2D eigenvalue weighted by atomic mass is 15.3. The largest absolute Gasteiger partial charge is 0.397 e. The van der Waals surface area contributed by atoms with Crippen LogP contribution in [-0.4, -0.2) is 47.1 Å². The normalized spacial score (nSPS) is 14.9. The van der Waals surface area contributed by atoms with Crippen molar-refractivity contribution in [3.8, 4) is 0 Å². The molecule has 0 aromatic heterocycles. The van der Waals surface area contributed by atoms with Crippen LogP contribution in [0.1, 0.15) is 171 Å². The molecule has 4 aromatic rings. The average Bonchev–Trinajstić information content (AvgIpc) is 3.91. The molecule has 9 heteroatoms. The summed E-state index contributed by atoms with van der Waals surface area (Å²) in [5, 5.41) is 0. The second-order valence-electron chi connectivity index (χ2n) is 21.5. The quantitative estimate of drug-likeness (QED) is 0.139. The van der Waals surface area contributed by atoms with E-state index in [-0.39, 0.29) is 6.98 Å². The van der Waals surface area contributed by atoms with Gasteiger partial charge in [-0.2, -0.15) is 0 Å². The predicted octanol–water partition coefficient (Wildman–Crippen LogP) is 15.4. The van der Waals surface area contributed by atoms with E-state index in [1.54, 1.807) is 0 Å². The highest BCUT2D eigenvalue weighted by Crippen LogP contribution is 2.46. The zero-order valence-electron chi connectivity index (χ0n) is 43.8. The molecule has 0 amide bonds. The minimum Gasteiger partial charge on any atom is -0.397 e. The van der Waals surface area contributed by atoms with Crippen molar-refractivity contribution in [1.82, 2.24) is 0 Å². The molecule has 3 aliphatic rings. The Labute approximate surface area is 393 Å². The summed E-state index contributed by atoms with van der Waals surface area (Å²) in [7, 11) is 4.35. The van der Waals surface area contributed by atoms with E-state index in [4.69, 9.17) is 0 Å². The van der Waals surface area contributed by atoms with E-state index in [0.29, 0.717) is 67.2 Å². The van der Waals surface area contributed by atoms with E-state index in [2.05, 4.69) is 265 Å². The monoisotopic (exact) mass is 863 g/mol. The second-order valence-corrected chi connectivity index (χ2v) is 21.5. The molecule has 344 valence electrons. The first-order valence-electron chi connectivity index (χ1n) is 24.8. The number of benzene rings is 4. The molecular weight excluding hydrogens is 777 g/mol. The molecule has 64 heavy (non-hydrogen) atoms. The SMILES string of the molecule is CC(C)B1N(C(C)C)c2ccccc2N1C(C)C.CC(C)B1N(C)c2ccccc2N1C.CC(C)B1N(c2c(C(C)C)cccc2C(C)C)C=CN1c1c(C(C)C)cccc1C(C)C. The standard InChI is InChI=1S/C29H43BN2.C15H25BN2.C11H17BN2/c1-19(2)24-13-11-14-25(20(3)4)28(24)31-17-18-32(30(31)23(9)10)29-26(21(5)6)15-12-16-27(29)22(7)8;1-11(2)16-17(12(3)4)14-9-7-8-10-15(14)18(16)13(5)6;1-9(2)12-13(3)10-7-5-6-8-11(10)14(12)4/h11-23H,1-10H3;7-13H,1-6H3;5-9H,1-4H3. The summed E-state index contributed by atoms with van der Waals surface area (Å²) in [5.74, 6) is 3.63. The summed E-state index contributed by atoms with van der Waals surface area (Å²) in [4.78, 5) is 15.0. The van der Waals surface area contributed by atoms with Crippen LogP contribution < -0.4 is 28.9 Å². The van der Waals surface area contributed by atoms with Crippen molar-refractivity contribution in [2.75, 3.05) is 43.0 Å². The molecule has 7 rings (SSSR count). The fraction of sp³-hybridized carbons (Fsp3) is 0.527. The molecule has 0 aliphatic carbocycles. The van der Waals surface area contributed by atoms with Gasteiger partial charge in [-0.1, -0.05) is 158 Å². The molecule has 0 atom stereocenters. The molecule has 0 N–H and O–H groups in total. The molecule has 0 saturated carbocycles. The number of hydrogen-bond acceptors (Lipinski definition) is 6. The molecule has 3 aliphatic heterocycles. The minimum atomic E-state index is 0.254. The summed E-state index contributed by atoms with van der Waals surface area (Å²) in [6, 6.07) is 32.2. The average molecular weight is 863 g/mol. The zero-order valence-corrected chi connectivity index (χ0v) is 43.8. The molecular formula is C55H85B3N6. The first kappa shape index (κ1) is 50.6. The van der Waals surface area contributed by atoms with Crippen molar-refractivity contribution < 1.29 is 0 Å². The summed E-state index contributed by atoms with van der Waals surface area (Å²) in [6.45, 7) is 42.8. The third-order valence-corrected chi connectivity index (χ3v) is 13.5. The Hall–Kier alpha value is -4.39. The lowest BCUT2D eigenvalue weighted by Gasteiger charge is -2.37. The van der Waals surface area contributed by atoms with Gasteiger partial charge >= 0.3 is 20.9 Å². The number of rotatable bonds is 11. The Bertz CT molecular complexity index is 1970. The first-order valence-corrected chi connectivity index (χ1v) is 24.8. The van der Waals surface area contributed by atoms with Crippen LogP contribution in [0.15, 0.2) is 97.3 Å². The van der Waals surface area contributed by atoms with Crippen LogP contribution in [0.2, 0.25) is 17.5 Å². The van der Waals surface area contributed by atoms with Crippen LogP contribution in [0.25, 0.3) is 0 Å². The zero-order chi connectivity index (χ0) is 47.5. The molecule has 6 nitrogen and oxygen atoms in total. The highest BCUT2D eigenvalue weighted by Gasteiger charge is 2.45. The molecule has 3 heterocycles. The third kappa shape index (κ3) is 10.2. The van der Waals surface area contributed by atoms with Gasteiger partial charge in [0.25, 0.3) is 0 Å². The number of para-hydroxylation sites is 6. The topological polar surface area (TPSA) is 19.4 Å². The maximum absolute atomic E-state index is 2.57. The smallest absolute Gasteiger partial charge is 0.386 e. The molecule has 4 aromatic carbocycles. The molecule has 0 saturated heterocycles. The molecule has 0 spiro atoms. The van der Waals surface area contributed by atoms with E-state index >= 15 is 0 Å². The Morgan fingerprint density at radius 3 is 0.859 bits per heavy atom. The fourth-order valence-corrected chi connectivity index (χ4v) is 10.8. The summed E-state index contributed by atoms with van der Waals surface area (Å²) in [5.41, 5.74) is 14.0. The van der Waals surface area contributed by atoms with Crippen molar-refractivity contribution in [3.05, 3.63) is 120 Å². The Kier molecular flexibility index (Phi) is 16.8. The van der Waals surface area contributed by atoms with Gasteiger partial charge in [0, 0.05) is 58.6 Å². The van der Waals surface area contributed by atoms with E-state index < -0.39 is 0 Å². The van der Waals surface area contributed by atoms with Crippen molar-refractivity contribution in [3.63, 3.8) is 0 Å². The lowest BCUT2D eigenvalue weighted by atomic mass is 9.60. The fourth-order valence-electron chi connectivity index (χ4n) is 10.8. The van der Waals surface area contributed by atoms with E-state index in [1.807, 2.05) is 0 Å². The van der Waals surface area contributed by atoms with Gasteiger partial charge in [-0.3, -0.25) is 0 Å². The van der Waals surface area contributed by atoms with Gasteiger partial charge in [0.2, 0.25) is 0 Å². The number of fused-ring (bicyclic) bond motifs is 2. The van der Waals surface area contributed by atoms with Crippen molar-refractivity contribution in [1.29, 1.82) is 0 Å². The maximum atomic E-state index is 2.57. The van der Waals surface area contributed by atoms with E-state index in [0.717, 1.165) is 0 Å². The Balaban J connectivity index is 0.000000201. The van der Waals surface area contributed by atoms with Crippen LogP contribution in [0.4, 0.5) is 34.1 Å². The second kappa shape index (κ2) is 21.3. The third-order valence-electron chi connectivity index (χ3n) is 13.5. The highest BCUT2D eigenvalue weighted by molar-refractivity contribution is 6.72. The first-order chi connectivity index (χ1) is 30.1. The van der Waals surface area contributed by atoms with Crippen LogP contribution in [-0.2, 0) is 0 Å². The minimum absolute atomic E-state index is 0.254. The van der Waals surface area contributed by atoms with Crippen LogP contribution in [0.5, 0.6) is 0 Å². The van der Waals surface area contributed by atoms with Gasteiger partial charge in [0.15, 0.2) is 0 Å². The summed E-state index contributed by atoms with van der Waals surface area (Å²) >= 11 is 0. The van der Waals surface area contributed by atoms with Crippen LogP contribution >= 0.6 is 0 Å². The van der Waals surface area contributed by atoms with Crippen molar-refractivity contribution in [2.24, 2.45) is 0 Å². The van der Waals surface area contributed by atoms with Gasteiger partial charge in [0.05, 0.1) is 0 Å². The van der Waals surface area contributed by atoms with Gasteiger partial charge in [-0.25, -0.2) is 0 Å². The Morgan fingerprint density at radius 1 is 0.328 bits per heavy atom. The summed E-state index contributed by atoms with van der Waals surface area (Å²) in [6.07, 6.45) is 4.66. The molecule has 0 bridgehead atoms. The molecule has 0 radical (unpaired) electrons. The van der Waals surface area contributed by atoms with Gasteiger partial charge in [-0.15, -0.1) is 0 Å². The van der Waals surface area contributed by atoms with Crippen molar-refractivity contribution >= 4 is 55.1 Å². The molecule has 0 fully saturated rings. The number of anilines is 6. The van der Waals surface area contributed by atoms with Crippen LogP contribution in [0, 0.1) is 0 Å². The number of nitrogens with zero attached hydrogens (tertiary/aromatic N) is 6. The number of hydrogen-bond donors (Lipinski definition) is 0. The predicted molar refractivity (Wildman–Crippen MR) is 291 cm³/mol. The van der Waals surface area contributed by atoms with E-state index in [1.165, 1.54) is 56.4 Å². The van der Waals surface area contributed by atoms with Crippen molar-refractivity contribution in [2.45, 2.75) is 178 Å². The Morgan fingerprint density at radius 2 is 0.609 bits per heavy atom. The lowest BCUT2D eigenvalue weighted by Crippen LogP contribution is -2.55. The lowest BCUT2D eigenvalue weighted by molar-refractivity contribution is 0.773. The molecule has 0 unspecified atom stereocenters. The van der Waals surface area contributed by atoms with E-state index in [9.17, 15) is 0 Å². The van der Waals surface area contributed by atoms with Gasteiger partial charge in [-0.05, 0) is 129 Å². The summed E-state index contributed by atoms with van der Waals surface area (Å²) < 4.78 is 0. The van der Waals surface area contributed by atoms with Gasteiger partial charge < -0.3 is 28.9 Å². The maximum Gasteiger partial charge on any atom is 0.386 e. The van der Waals surface area contributed by atoms with Crippen LogP contribution in [0.3, 0.4) is 0 Å². The van der Waals surface area contributed by atoms with Gasteiger partial charge in [0.1, 0.15) is 0 Å².